The van der Waals surface area contributed by atoms with Crippen LogP contribution in [-0.4, -0.2) is 41.9 Å². The molecule has 0 saturated heterocycles. The Labute approximate surface area is 157 Å². The van der Waals surface area contributed by atoms with Crippen LogP contribution in [0.3, 0.4) is 0 Å². The van der Waals surface area contributed by atoms with Gasteiger partial charge in [-0.2, -0.15) is 0 Å². The van der Waals surface area contributed by atoms with Crippen molar-refractivity contribution in [3.63, 3.8) is 0 Å². The molecule has 4 fully saturated rings. The molecule has 0 aromatic heterocycles. The molecule has 0 heterocycles. The molecule has 4 heteroatoms. The molecule has 0 radical (unpaired) electrons. The number of carbonyl (C=O) groups excluding carboxylic acids is 1. The summed E-state index contributed by atoms with van der Waals surface area (Å²) in [7, 11) is 1.69. The van der Waals surface area contributed by atoms with E-state index in [0.717, 1.165) is 49.9 Å². The number of hydrogen-bond donors (Lipinski definition) is 2. The summed E-state index contributed by atoms with van der Waals surface area (Å²) in [6, 6.07) is 0. The lowest BCUT2D eigenvalue weighted by Crippen LogP contribution is -2.52. The molecule has 0 aliphatic heterocycles. The van der Waals surface area contributed by atoms with Gasteiger partial charge in [0, 0.05) is 13.0 Å². The van der Waals surface area contributed by atoms with E-state index in [2.05, 4.69) is 6.92 Å². The number of methoxy groups -OCH3 is 1. The van der Waals surface area contributed by atoms with Crippen LogP contribution in [0.2, 0.25) is 0 Å². The van der Waals surface area contributed by atoms with Crippen LogP contribution in [0.25, 0.3) is 0 Å². The number of Topliss-reactive ketones (excluding diaryl/α,β-unsaturated/α-hetero) is 1. The smallest absolute Gasteiger partial charge is 0.161 e. The zero-order valence-electron chi connectivity index (χ0n) is 16.5. The van der Waals surface area contributed by atoms with Crippen molar-refractivity contribution in [3.8, 4) is 0 Å². The topological polar surface area (TPSA) is 66.8 Å². The Balaban J connectivity index is 1.50. The first-order chi connectivity index (χ1) is 12.4. The van der Waals surface area contributed by atoms with E-state index >= 15 is 0 Å². The van der Waals surface area contributed by atoms with E-state index in [-0.39, 0.29) is 23.7 Å². The summed E-state index contributed by atoms with van der Waals surface area (Å²) in [5, 5.41) is 20.2. The van der Waals surface area contributed by atoms with Crippen molar-refractivity contribution >= 4 is 5.78 Å². The average molecular weight is 365 g/mol. The van der Waals surface area contributed by atoms with Crippen LogP contribution in [0.1, 0.15) is 64.7 Å². The van der Waals surface area contributed by atoms with Crippen molar-refractivity contribution in [1.29, 1.82) is 0 Å². The summed E-state index contributed by atoms with van der Waals surface area (Å²) >= 11 is 0. The molecule has 4 saturated carbocycles. The monoisotopic (exact) mass is 364 g/mol. The Morgan fingerprint density at radius 3 is 2.54 bits per heavy atom. The molecule has 2 N–H and O–H groups in total. The number of fused-ring (bicyclic) bond motifs is 5. The summed E-state index contributed by atoms with van der Waals surface area (Å²) in [5.74, 6) is 3.73. The van der Waals surface area contributed by atoms with E-state index in [9.17, 15) is 15.0 Å². The quantitative estimate of drug-likeness (QED) is 0.804. The average Bonchev–Trinajstić information content (AvgIpc) is 2.98. The minimum absolute atomic E-state index is 0.0735. The second-order valence-electron chi connectivity index (χ2n) is 10.1. The van der Waals surface area contributed by atoms with Crippen LogP contribution in [0.5, 0.6) is 0 Å². The molecule has 0 unspecified atom stereocenters. The predicted molar refractivity (Wildman–Crippen MR) is 99.5 cm³/mol. The molecule has 0 aromatic carbocycles. The number of rotatable bonds is 4. The van der Waals surface area contributed by atoms with E-state index in [4.69, 9.17) is 4.74 Å². The largest absolute Gasteiger partial charge is 0.389 e. The second-order valence-corrected chi connectivity index (χ2v) is 10.1. The summed E-state index contributed by atoms with van der Waals surface area (Å²) < 4.78 is 5.28. The maximum absolute atomic E-state index is 12.3. The van der Waals surface area contributed by atoms with Gasteiger partial charge in [-0.15, -0.1) is 0 Å². The van der Waals surface area contributed by atoms with Crippen LogP contribution in [0.15, 0.2) is 0 Å². The van der Waals surface area contributed by atoms with Crippen molar-refractivity contribution in [2.24, 2.45) is 40.9 Å². The van der Waals surface area contributed by atoms with E-state index in [0.29, 0.717) is 18.4 Å². The van der Waals surface area contributed by atoms with Gasteiger partial charge in [-0.05, 0) is 92.8 Å². The Kier molecular flexibility index (Phi) is 4.98. The first-order valence-corrected chi connectivity index (χ1v) is 10.8. The number of aliphatic hydroxyl groups is 2. The third-order valence-electron chi connectivity index (χ3n) is 9.06. The minimum atomic E-state index is -0.613. The maximum Gasteiger partial charge on any atom is 0.161 e. The van der Waals surface area contributed by atoms with Gasteiger partial charge < -0.3 is 14.9 Å². The highest BCUT2D eigenvalue weighted by Gasteiger charge is 2.58. The normalized spacial score (nSPS) is 50.6. The lowest BCUT2D eigenvalue weighted by Gasteiger charge is -2.57. The Morgan fingerprint density at radius 1 is 1.04 bits per heavy atom. The minimum Gasteiger partial charge on any atom is -0.389 e. The van der Waals surface area contributed by atoms with Gasteiger partial charge in [0.2, 0.25) is 0 Å². The fraction of sp³-hybridized carbons (Fsp3) is 0.955. The Hall–Kier alpha value is -0.450. The fourth-order valence-electron chi connectivity index (χ4n) is 8.00. The third kappa shape index (κ3) is 2.87. The molecular formula is C22H36O4. The predicted octanol–water partition coefficient (Wildman–Crippen LogP) is 3.19. The fourth-order valence-corrected chi connectivity index (χ4v) is 8.00. The highest BCUT2D eigenvalue weighted by atomic mass is 16.5. The summed E-state index contributed by atoms with van der Waals surface area (Å²) in [6.45, 7) is 2.52. The van der Waals surface area contributed by atoms with Gasteiger partial charge in [-0.3, -0.25) is 4.79 Å². The van der Waals surface area contributed by atoms with E-state index in [1.165, 1.54) is 25.7 Å². The van der Waals surface area contributed by atoms with Crippen molar-refractivity contribution in [2.45, 2.75) is 70.3 Å². The van der Waals surface area contributed by atoms with Gasteiger partial charge in [-0.25, -0.2) is 0 Å². The van der Waals surface area contributed by atoms with E-state index in [1.807, 2.05) is 0 Å². The van der Waals surface area contributed by atoms with Crippen LogP contribution < -0.4 is 0 Å². The third-order valence-corrected chi connectivity index (χ3v) is 9.06. The molecular weight excluding hydrogens is 328 g/mol. The second kappa shape index (κ2) is 6.86. The standard InChI is InChI=1S/C22H36O4/c1-21-9-7-16-15-8-10-22(25,13-26-2)11-14(15)3-4-17(16)18(21)5-6-19(21)20(24)12-23/h14-19,23,25H,3-13H2,1-2H3/t14-,15+,16-,17-,18+,19-,21+,22-/m1/s1. The van der Waals surface area contributed by atoms with Gasteiger partial charge in [0.1, 0.15) is 6.61 Å². The van der Waals surface area contributed by atoms with E-state index < -0.39 is 5.60 Å². The van der Waals surface area contributed by atoms with Gasteiger partial charge in [0.05, 0.1) is 12.2 Å². The molecule has 4 aliphatic carbocycles. The number of hydrogen-bond acceptors (Lipinski definition) is 4. The lowest BCUT2D eigenvalue weighted by molar-refractivity contribution is -0.138. The van der Waals surface area contributed by atoms with Crippen LogP contribution in [0.4, 0.5) is 0 Å². The Bertz CT molecular complexity index is 548. The SMILES string of the molecule is COC[C@@]1(O)CC[C@H]2[C@H](CC[C@@H]3[C@@H]2CC[C@]2(C)[C@@H](C(=O)CO)CC[C@@H]32)C1. The van der Waals surface area contributed by atoms with Crippen LogP contribution in [0, 0.1) is 40.9 Å². The first-order valence-electron chi connectivity index (χ1n) is 10.8. The summed E-state index contributed by atoms with van der Waals surface area (Å²) in [6.07, 6.45) is 9.91. The van der Waals surface area contributed by atoms with Crippen molar-refractivity contribution < 1.29 is 19.7 Å². The number of aliphatic hydroxyl groups excluding tert-OH is 1. The summed E-state index contributed by atoms with van der Waals surface area (Å²) in [5.41, 5.74) is -0.503. The van der Waals surface area contributed by atoms with Crippen LogP contribution in [-0.2, 0) is 9.53 Å². The number of ether oxygens (including phenoxy) is 1. The van der Waals surface area contributed by atoms with Crippen molar-refractivity contribution in [2.75, 3.05) is 20.3 Å². The maximum atomic E-state index is 12.3. The molecule has 4 nitrogen and oxygen atoms in total. The van der Waals surface area contributed by atoms with Crippen LogP contribution >= 0.6 is 0 Å². The molecule has 148 valence electrons. The van der Waals surface area contributed by atoms with Crippen molar-refractivity contribution in [1.82, 2.24) is 0 Å². The Morgan fingerprint density at radius 2 is 1.81 bits per heavy atom. The number of carbonyl (C=O) groups is 1. The molecule has 4 rings (SSSR count). The van der Waals surface area contributed by atoms with Gasteiger partial charge in [0.25, 0.3) is 0 Å². The highest BCUT2D eigenvalue weighted by Crippen LogP contribution is 2.64. The first kappa shape index (κ1) is 18.9. The molecule has 26 heavy (non-hydrogen) atoms. The zero-order chi connectivity index (χ0) is 18.5. The zero-order valence-corrected chi connectivity index (χ0v) is 16.5. The molecule has 8 atom stereocenters. The molecule has 0 spiro atoms. The lowest BCUT2D eigenvalue weighted by atomic mass is 9.49. The van der Waals surface area contributed by atoms with E-state index in [1.54, 1.807) is 7.11 Å². The van der Waals surface area contributed by atoms with Gasteiger partial charge in [0.15, 0.2) is 5.78 Å². The molecule has 4 aliphatic rings. The molecule has 0 aromatic rings. The number of ketones is 1. The van der Waals surface area contributed by atoms with Crippen molar-refractivity contribution in [3.05, 3.63) is 0 Å². The van der Waals surface area contributed by atoms with Gasteiger partial charge >= 0.3 is 0 Å². The highest BCUT2D eigenvalue weighted by molar-refractivity contribution is 5.83. The summed E-state index contributed by atoms with van der Waals surface area (Å²) in [4.78, 5) is 12.3. The molecule has 0 bridgehead atoms. The van der Waals surface area contributed by atoms with Gasteiger partial charge in [-0.1, -0.05) is 6.92 Å². The molecule has 0 amide bonds.